The van der Waals surface area contributed by atoms with Gasteiger partial charge in [-0.1, -0.05) is 17.3 Å². The Morgan fingerprint density at radius 3 is 2.12 bits per heavy atom. The van der Waals surface area contributed by atoms with Crippen LogP contribution >= 0.6 is 11.6 Å². The summed E-state index contributed by atoms with van der Waals surface area (Å²) in [7, 11) is 0. The number of carbonyl (C=O) groups excluding carboxylic acids is 2. The van der Waals surface area contributed by atoms with Gasteiger partial charge in [-0.2, -0.15) is 4.98 Å². The number of alkyl halides is 1. The Balaban J connectivity index is 1.67. The smallest absolute Gasteiger partial charge is 0.266 e. The molecule has 0 atom stereocenters. The van der Waals surface area contributed by atoms with Crippen LogP contribution in [0, 0.1) is 0 Å². The van der Waals surface area contributed by atoms with Crippen molar-refractivity contribution in [1.29, 1.82) is 0 Å². The molecule has 3 aromatic rings. The molecule has 2 amide bonds. The quantitative estimate of drug-likeness (QED) is 0.540. The van der Waals surface area contributed by atoms with Gasteiger partial charge < -0.3 is 4.52 Å². The summed E-state index contributed by atoms with van der Waals surface area (Å²) in [5, 5.41) is 3.83. The normalized spacial score (nSPS) is 13.5. The zero-order valence-corrected chi connectivity index (χ0v) is 13.0. The van der Waals surface area contributed by atoms with Gasteiger partial charge in [0.05, 0.1) is 16.8 Å². The number of fused-ring (bicyclic) bond motifs is 1. The number of aromatic nitrogens is 2. The molecule has 0 bridgehead atoms. The largest absolute Gasteiger partial charge is 0.338 e. The molecule has 2 aromatic carbocycles. The van der Waals surface area contributed by atoms with Crippen molar-refractivity contribution < 1.29 is 14.1 Å². The second kappa shape index (κ2) is 5.58. The molecule has 118 valence electrons. The van der Waals surface area contributed by atoms with Crippen LogP contribution in [0.1, 0.15) is 26.6 Å². The topological polar surface area (TPSA) is 76.3 Å². The van der Waals surface area contributed by atoms with E-state index in [2.05, 4.69) is 10.1 Å². The SMILES string of the molecule is O=C1c2ccccc2C(=O)N1c1ccc(-c2noc(CCl)n2)cc1. The molecule has 0 unspecified atom stereocenters. The zero-order chi connectivity index (χ0) is 16.7. The van der Waals surface area contributed by atoms with Gasteiger partial charge in [0.2, 0.25) is 11.7 Å². The number of hydrogen-bond acceptors (Lipinski definition) is 5. The van der Waals surface area contributed by atoms with E-state index in [9.17, 15) is 9.59 Å². The number of nitrogens with zero attached hydrogens (tertiary/aromatic N) is 3. The maximum Gasteiger partial charge on any atom is 0.266 e. The molecule has 1 aromatic heterocycles. The Morgan fingerprint density at radius 2 is 1.58 bits per heavy atom. The molecule has 0 aliphatic carbocycles. The van der Waals surface area contributed by atoms with Crippen molar-refractivity contribution in [2.75, 3.05) is 4.90 Å². The Bertz CT molecular complexity index is 915. The monoisotopic (exact) mass is 339 g/mol. The van der Waals surface area contributed by atoms with E-state index in [1.165, 1.54) is 0 Å². The molecular weight excluding hydrogens is 330 g/mol. The van der Waals surface area contributed by atoms with E-state index >= 15 is 0 Å². The number of hydrogen-bond donors (Lipinski definition) is 0. The fourth-order valence-electron chi connectivity index (χ4n) is 2.61. The lowest BCUT2D eigenvalue weighted by molar-refractivity contribution is 0.0926. The molecule has 0 spiro atoms. The highest BCUT2D eigenvalue weighted by Crippen LogP contribution is 2.29. The molecule has 4 rings (SSSR count). The Labute approximate surface area is 141 Å². The van der Waals surface area contributed by atoms with Crippen molar-refractivity contribution >= 4 is 29.1 Å². The third-order valence-electron chi connectivity index (χ3n) is 3.76. The molecule has 0 radical (unpaired) electrons. The highest BCUT2D eigenvalue weighted by atomic mass is 35.5. The van der Waals surface area contributed by atoms with Gasteiger partial charge in [-0.25, -0.2) is 4.90 Å². The van der Waals surface area contributed by atoms with Crippen LogP contribution < -0.4 is 4.90 Å². The van der Waals surface area contributed by atoms with Crippen LogP contribution in [0.4, 0.5) is 5.69 Å². The molecule has 0 saturated carbocycles. The Morgan fingerprint density at radius 1 is 0.958 bits per heavy atom. The number of imide groups is 1. The molecule has 0 fully saturated rings. The van der Waals surface area contributed by atoms with Gasteiger partial charge in [0.25, 0.3) is 11.8 Å². The first-order valence-electron chi connectivity index (χ1n) is 7.16. The molecule has 1 aliphatic rings. The summed E-state index contributed by atoms with van der Waals surface area (Å²) in [6.07, 6.45) is 0. The van der Waals surface area contributed by atoms with Gasteiger partial charge in [0.15, 0.2) is 0 Å². The lowest BCUT2D eigenvalue weighted by Crippen LogP contribution is -2.29. The summed E-state index contributed by atoms with van der Waals surface area (Å²) < 4.78 is 4.96. The van der Waals surface area contributed by atoms with Crippen molar-refractivity contribution in [1.82, 2.24) is 10.1 Å². The van der Waals surface area contributed by atoms with Crippen molar-refractivity contribution in [3.05, 3.63) is 65.5 Å². The van der Waals surface area contributed by atoms with Gasteiger partial charge >= 0.3 is 0 Å². The predicted molar refractivity (Wildman–Crippen MR) is 86.9 cm³/mol. The van der Waals surface area contributed by atoms with Gasteiger partial charge in [-0.05, 0) is 36.4 Å². The van der Waals surface area contributed by atoms with Crippen molar-refractivity contribution in [2.24, 2.45) is 0 Å². The maximum atomic E-state index is 12.5. The number of anilines is 1. The molecular formula is C17H10ClN3O3. The first-order valence-corrected chi connectivity index (χ1v) is 7.69. The average molecular weight is 340 g/mol. The lowest BCUT2D eigenvalue weighted by Gasteiger charge is -2.13. The van der Waals surface area contributed by atoms with Gasteiger partial charge in [-0.3, -0.25) is 9.59 Å². The van der Waals surface area contributed by atoms with Crippen LogP contribution in [0.5, 0.6) is 0 Å². The second-order valence-electron chi connectivity index (χ2n) is 5.18. The Kier molecular flexibility index (Phi) is 3.39. The summed E-state index contributed by atoms with van der Waals surface area (Å²) >= 11 is 5.64. The molecule has 1 aliphatic heterocycles. The number of halogens is 1. The van der Waals surface area contributed by atoms with Crippen LogP contribution in [-0.2, 0) is 5.88 Å². The van der Waals surface area contributed by atoms with Crippen LogP contribution in [0.3, 0.4) is 0 Å². The van der Waals surface area contributed by atoms with E-state index in [-0.39, 0.29) is 17.7 Å². The van der Waals surface area contributed by atoms with Gasteiger partial charge in [0.1, 0.15) is 5.88 Å². The van der Waals surface area contributed by atoms with Gasteiger partial charge in [0, 0.05) is 5.56 Å². The summed E-state index contributed by atoms with van der Waals surface area (Å²) in [4.78, 5) is 30.2. The molecule has 7 heteroatoms. The van der Waals surface area contributed by atoms with Crippen molar-refractivity contribution in [2.45, 2.75) is 5.88 Å². The minimum Gasteiger partial charge on any atom is -0.338 e. The van der Waals surface area contributed by atoms with E-state index in [4.69, 9.17) is 16.1 Å². The lowest BCUT2D eigenvalue weighted by atomic mass is 10.1. The van der Waals surface area contributed by atoms with E-state index in [1.807, 2.05) is 0 Å². The van der Waals surface area contributed by atoms with Crippen LogP contribution in [0.2, 0.25) is 0 Å². The zero-order valence-electron chi connectivity index (χ0n) is 12.3. The molecule has 0 N–H and O–H groups in total. The van der Waals surface area contributed by atoms with Crippen LogP contribution in [0.15, 0.2) is 53.1 Å². The Hall–Kier alpha value is -2.99. The number of rotatable bonds is 3. The first kappa shape index (κ1) is 14.6. The van der Waals surface area contributed by atoms with E-state index in [0.29, 0.717) is 34.1 Å². The fourth-order valence-corrected chi connectivity index (χ4v) is 2.72. The summed E-state index contributed by atoms with van der Waals surface area (Å²) in [6, 6.07) is 13.6. The minimum atomic E-state index is -0.327. The molecule has 24 heavy (non-hydrogen) atoms. The molecule has 0 saturated heterocycles. The van der Waals surface area contributed by atoms with Crippen LogP contribution in [0.25, 0.3) is 11.4 Å². The summed E-state index contributed by atoms with van der Waals surface area (Å²) in [5.74, 6) is 0.218. The minimum absolute atomic E-state index is 0.139. The predicted octanol–water partition coefficient (Wildman–Crippen LogP) is 3.28. The van der Waals surface area contributed by atoms with Crippen LogP contribution in [-0.4, -0.2) is 22.0 Å². The fraction of sp³-hybridized carbons (Fsp3) is 0.0588. The number of benzene rings is 2. The third kappa shape index (κ3) is 2.19. The van der Waals surface area contributed by atoms with E-state index in [1.54, 1.807) is 48.5 Å². The average Bonchev–Trinajstić information content (AvgIpc) is 3.20. The second-order valence-corrected chi connectivity index (χ2v) is 5.45. The number of carbonyl (C=O) groups is 2. The standard InChI is InChI=1S/C17H10ClN3O3/c18-9-14-19-15(20-24-14)10-5-7-11(8-6-10)21-16(22)12-3-1-2-4-13(12)17(21)23/h1-8H,9H2. The summed E-state index contributed by atoms with van der Waals surface area (Å²) in [5.41, 5.74) is 2.02. The van der Waals surface area contributed by atoms with Crippen molar-refractivity contribution in [3.8, 4) is 11.4 Å². The highest BCUT2D eigenvalue weighted by molar-refractivity contribution is 6.34. The van der Waals surface area contributed by atoms with Gasteiger partial charge in [-0.15, -0.1) is 11.6 Å². The van der Waals surface area contributed by atoms with Crippen molar-refractivity contribution in [3.63, 3.8) is 0 Å². The van der Waals surface area contributed by atoms with E-state index in [0.717, 1.165) is 4.90 Å². The maximum absolute atomic E-state index is 12.5. The summed E-state index contributed by atoms with van der Waals surface area (Å²) in [6.45, 7) is 0. The van der Waals surface area contributed by atoms with E-state index < -0.39 is 0 Å². The number of amides is 2. The molecule has 6 nitrogen and oxygen atoms in total. The third-order valence-corrected chi connectivity index (χ3v) is 3.99. The highest BCUT2D eigenvalue weighted by Gasteiger charge is 2.36. The first-order chi connectivity index (χ1) is 11.7. The molecule has 2 heterocycles.